The zero-order chi connectivity index (χ0) is 13.3. The Labute approximate surface area is 101 Å². The quantitative estimate of drug-likeness (QED) is 0.808. The Morgan fingerprint density at radius 3 is 2.33 bits per heavy atom. The largest absolute Gasteiger partial charge is 0.398 e. The average Bonchev–Trinajstić information content (AvgIpc) is 2.35. The van der Waals surface area contributed by atoms with Gasteiger partial charge in [0, 0.05) is 11.3 Å². The maximum atomic E-state index is 13.1. The van der Waals surface area contributed by atoms with E-state index in [0.717, 1.165) is 24.3 Å². The molecule has 0 aliphatic heterocycles. The smallest absolute Gasteiger partial charge is 0.159 e. The van der Waals surface area contributed by atoms with Gasteiger partial charge in [-0.05, 0) is 35.9 Å². The number of nitrogen functional groups attached to an aromatic ring is 1. The predicted molar refractivity (Wildman–Crippen MR) is 61.2 cm³/mol. The average molecular weight is 253 g/mol. The SMILES string of the molecule is Nc1ccc(F)cc1C(O)c1ccc(F)c(F)c1. The second-order valence-electron chi connectivity index (χ2n) is 3.85. The number of benzene rings is 2. The monoisotopic (exact) mass is 253 g/mol. The first-order valence-electron chi connectivity index (χ1n) is 5.17. The van der Waals surface area contributed by atoms with E-state index in [-0.39, 0.29) is 16.8 Å². The molecule has 0 spiro atoms. The fraction of sp³-hybridized carbons (Fsp3) is 0.0769. The number of anilines is 1. The minimum absolute atomic E-state index is 0.103. The molecule has 2 aromatic rings. The molecule has 0 bridgehead atoms. The molecule has 0 aliphatic carbocycles. The Kier molecular flexibility index (Phi) is 3.25. The maximum Gasteiger partial charge on any atom is 0.159 e. The van der Waals surface area contributed by atoms with Crippen LogP contribution in [0.1, 0.15) is 17.2 Å². The first-order chi connectivity index (χ1) is 8.49. The topological polar surface area (TPSA) is 46.2 Å². The highest BCUT2D eigenvalue weighted by atomic mass is 19.2. The van der Waals surface area contributed by atoms with Crippen LogP contribution in [0.15, 0.2) is 36.4 Å². The van der Waals surface area contributed by atoms with E-state index < -0.39 is 23.6 Å². The summed E-state index contributed by atoms with van der Waals surface area (Å²) in [6, 6.07) is 6.47. The van der Waals surface area contributed by atoms with Crippen molar-refractivity contribution in [3.8, 4) is 0 Å². The van der Waals surface area contributed by atoms with Crippen molar-refractivity contribution in [3.63, 3.8) is 0 Å². The number of hydrogen-bond acceptors (Lipinski definition) is 2. The zero-order valence-corrected chi connectivity index (χ0v) is 9.20. The van der Waals surface area contributed by atoms with Crippen molar-refractivity contribution >= 4 is 5.69 Å². The van der Waals surface area contributed by atoms with Gasteiger partial charge in [0.05, 0.1) is 0 Å². The van der Waals surface area contributed by atoms with Gasteiger partial charge in [0.15, 0.2) is 11.6 Å². The van der Waals surface area contributed by atoms with Crippen LogP contribution in [-0.2, 0) is 0 Å². The van der Waals surface area contributed by atoms with Gasteiger partial charge in [0.2, 0.25) is 0 Å². The number of nitrogens with two attached hydrogens (primary N) is 1. The van der Waals surface area contributed by atoms with Gasteiger partial charge in [0.1, 0.15) is 11.9 Å². The number of aliphatic hydroxyl groups excluding tert-OH is 1. The van der Waals surface area contributed by atoms with Gasteiger partial charge >= 0.3 is 0 Å². The molecule has 0 saturated carbocycles. The molecular weight excluding hydrogens is 243 g/mol. The molecule has 0 aliphatic rings. The molecule has 18 heavy (non-hydrogen) atoms. The molecule has 0 saturated heterocycles. The summed E-state index contributed by atoms with van der Waals surface area (Å²) in [4.78, 5) is 0. The molecule has 0 amide bonds. The summed E-state index contributed by atoms with van der Waals surface area (Å²) in [6.45, 7) is 0. The van der Waals surface area contributed by atoms with Crippen LogP contribution in [-0.4, -0.2) is 5.11 Å². The van der Waals surface area contributed by atoms with Gasteiger partial charge in [-0.25, -0.2) is 13.2 Å². The van der Waals surface area contributed by atoms with E-state index in [9.17, 15) is 18.3 Å². The van der Waals surface area contributed by atoms with Gasteiger partial charge in [-0.3, -0.25) is 0 Å². The van der Waals surface area contributed by atoms with Gasteiger partial charge in [-0.15, -0.1) is 0 Å². The molecule has 1 unspecified atom stereocenters. The van der Waals surface area contributed by atoms with Gasteiger partial charge < -0.3 is 10.8 Å². The minimum Gasteiger partial charge on any atom is -0.398 e. The van der Waals surface area contributed by atoms with Crippen molar-refractivity contribution < 1.29 is 18.3 Å². The molecule has 2 nitrogen and oxygen atoms in total. The number of aliphatic hydroxyl groups is 1. The lowest BCUT2D eigenvalue weighted by Crippen LogP contribution is -2.05. The van der Waals surface area contributed by atoms with Crippen molar-refractivity contribution in [2.24, 2.45) is 0 Å². The number of rotatable bonds is 2. The Morgan fingerprint density at radius 1 is 0.944 bits per heavy atom. The highest BCUT2D eigenvalue weighted by Crippen LogP contribution is 2.28. The lowest BCUT2D eigenvalue weighted by Gasteiger charge is -2.14. The van der Waals surface area contributed by atoms with E-state index in [1.165, 1.54) is 12.1 Å². The van der Waals surface area contributed by atoms with Crippen LogP contribution in [0.25, 0.3) is 0 Å². The van der Waals surface area contributed by atoms with E-state index in [1.54, 1.807) is 0 Å². The fourth-order valence-electron chi connectivity index (χ4n) is 1.64. The number of hydrogen-bond donors (Lipinski definition) is 2. The van der Waals surface area contributed by atoms with Crippen molar-refractivity contribution in [2.45, 2.75) is 6.10 Å². The summed E-state index contributed by atoms with van der Waals surface area (Å²) >= 11 is 0. The normalized spacial score (nSPS) is 12.4. The van der Waals surface area contributed by atoms with Crippen LogP contribution in [0.3, 0.4) is 0 Å². The summed E-state index contributed by atoms with van der Waals surface area (Å²) in [5, 5.41) is 9.98. The van der Waals surface area contributed by atoms with E-state index in [1.807, 2.05) is 0 Å². The molecule has 5 heteroatoms. The molecule has 94 valence electrons. The standard InChI is InChI=1S/C13H10F3NO/c14-8-2-4-12(17)9(6-8)13(18)7-1-3-10(15)11(16)5-7/h1-6,13,18H,17H2. The lowest BCUT2D eigenvalue weighted by atomic mass is 10.00. The molecule has 0 radical (unpaired) electrons. The molecule has 0 fully saturated rings. The van der Waals surface area contributed by atoms with Crippen LogP contribution >= 0.6 is 0 Å². The summed E-state index contributed by atoms with van der Waals surface area (Å²) < 4.78 is 38.9. The highest BCUT2D eigenvalue weighted by molar-refractivity contribution is 5.50. The van der Waals surface area contributed by atoms with Crippen molar-refractivity contribution in [1.82, 2.24) is 0 Å². The Morgan fingerprint density at radius 2 is 1.67 bits per heavy atom. The lowest BCUT2D eigenvalue weighted by molar-refractivity contribution is 0.220. The number of halogens is 3. The molecule has 2 aromatic carbocycles. The summed E-state index contributed by atoms with van der Waals surface area (Å²) in [5.74, 6) is -2.67. The van der Waals surface area contributed by atoms with Crippen LogP contribution < -0.4 is 5.73 Å². The summed E-state index contributed by atoms with van der Waals surface area (Å²) in [5.41, 5.74) is 5.99. The van der Waals surface area contributed by atoms with Crippen molar-refractivity contribution in [2.75, 3.05) is 5.73 Å². The first kappa shape index (κ1) is 12.4. The van der Waals surface area contributed by atoms with Gasteiger partial charge in [0.25, 0.3) is 0 Å². The Bertz CT molecular complexity index is 586. The second kappa shape index (κ2) is 4.70. The van der Waals surface area contributed by atoms with E-state index in [0.29, 0.717) is 0 Å². The molecule has 2 rings (SSSR count). The highest BCUT2D eigenvalue weighted by Gasteiger charge is 2.16. The van der Waals surface area contributed by atoms with Crippen molar-refractivity contribution in [3.05, 3.63) is 65.0 Å². The van der Waals surface area contributed by atoms with Crippen molar-refractivity contribution in [1.29, 1.82) is 0 Å². The van der Waals surface area contributed by atoms with E-state index >= 15 is 0 Å². The van der Waals surface area contributed by atoms with Crippen LogP contribution in [0, 0.1) is 17.5 Å². The second-order valence-corrected chi connectivity index (χ2v) is 3.85. The van der Waals surface area contributed by atoms with Gasteiger partial charge in [-0.1, -0.05) is 6.07 Å². The third-order valence-corrected chi connectivity index (χ3v) is 2.60. The molecule has 0 heterocycles. The predicted octanol–water partition coefficient (Wildman–Crippen LogP) is 2.77. The maximum absolute atomic E-state index is 13.1. The zero-order valence-electron chi connectivity index (χ0n) is 9.20. The third-order valence-electron chi connectivity index (χ3n) is 2.60. The minimum atomic E-state index is -1.31. The third kappa shape index (κ3) is 2.31. The van der Waals surface area contributed by atoms with E-state index in [4.69, 9.17) is 5.73 Å². The first-order valence-corrected chi connectivity index (χ1v) is 5.17. The van der Waals surface area contributed by atoms with Gasteiger partial charge in [-0.2, -0.15) is 0 Å². The molecule has 0 aromatic heterocycles. The Hall–Kier alpha value is -2.01. The van der Waals surface area contributed by atoms with Crippen LogP contribution in [0.4, 0.5) is 18.9 Å². The Balaban J connectivity index is 2.44. The fourth-order valence-corrected chi connectivity index (χ4v) is 1.64. The molecule has 3 N–H and O–H groups in total. The molecular formula is C13H10F3NO. The summed E-state index contributed by atoms with van der Waals surface area (Å²) in [6.07, 6.45) is -1.31. The van der Waals surface area contributed by atoms with Crippen LogP contribution in [0.5, 0.6) is 0 Å². The summed E-state index contributed by atoms with van der Waals surface area (Å²) in [7, 11) is 0. The van der Waals surface area contributed by atoms with Crippen LogP contribution in [0.2, 0.25) is 0 Å². The van der Waals surface area contributed by atoms with E-state index in [2.05, 4.69) is 0 Å². The molecule has 1 atom stereocenters.